The number of aromatic nitrogens is 4. The summed E-state index contributed by atoms with van der Waals surface area (Å²) < 4.78 is 2.50. The van der Waals surface area contributed by atoms with E-state index in [0.717, 1.165) is 13.0 Å². The van der Waals surface area contributed by atoms with E-state index >= 15 is 0 Å². The summed E-state index contributed by atoms with van der Waals surface area (Å²) in [6, 6.07) is 14.3. The molecule has 1 atom stereocenters. The SMILES string of the molecule is CC(CCNCCCn1c(=O)[nH]c2ccccc2c1=O)NCCCn1c(=O)[nH]c2ccccc2c1=O. The Kier molecular flexibility index (Phi) is 8.29. The van der Waals surface area contributed by atoms with Gasteiger partial charge in [0, 0.05) is 19.1 Å². The predicted molar refractivity (Wildman–Crippen MR) is 142 cm³/mol. The van der Waals surface area contributed by atoms with Crippen LogP contribution in [0.1, 0.15) is 26.2 Å². The Hall–Kier alpha value is -3.76. The molecule has 0 fully saturated rings. The van der Waals surface area contributed by atoms with Crippen molar-refractivity contribution in [3.05, 3.63) is 90.2 Å². The maximum atomic E-state index is 12.6. The Morgan fingerprint density at radius 1 is 0.722 bits per heavy atom. The summed E-state index contributed by atoms with van der Waals surface area (Å²) in [5.41, 5.74) is -0.188. The summed E-state index contributed by atoms with van der Waals surface area (Å²) in [6.45, 7) is 4.97. The zero-order valence-corrected chi connectivity index (χ0v) is 20.4. The second-order valence-electron chi connectivity index (χ2n) is 8.97. The number of nitrogens with zero attached hydrogens (tertiary/aromatic N) is 2. The van der Waals surface area contributed by atoms with Crippen LogP contribution in [-0.2, 0) is 13.1 Å². The minimum absolute atomic E-state index is 0.259. The van der Waals surface area contributed by atoms with Crippen molar-refractivity contribution < 1.29 is 0 Å². The first-order valence-corrected chi connectivity index (χ1v) is 12.3. The summed E-state index contributed by atoms with van der Waals surface area (Å²) in [7, 11) is 0. The number of benzene rings is 2. The Balaban J connectivity index is 1.14. The van der Waals surface area contributed by atoms with Crippen molar-refractivity contribution in [3.63, 3.8) is 0 Å². The highest BCUT2D eigenvalue weighted by atomic mass is 16.2. The van der Waals surface area contributed by atoms with E-state index in [1.165, 1.54) is 9.13 Å². The number of aromatic amines is 2. The molecule has 4 N–H and O–H groups in total. The van der Waals surface area contributed by atoms with Crippen LogP contribution in [-0.4, -0.2) is 44.8 Å². The van der Waals surface area contributed by atoms with Gasteiger partial charge in [0.25, 0.3) is 11.1 Å². The molecule has 0 aliphatic rings. The first-order chi connectivity index (χ1) is 17.5. The van der Waals surface area contributed by atoms with E-state index in [4.69, 9.17) is 0 Å². The molecule has 0 saturated heterocycles. The van der Waals surface area contributed by atoms with Gasteiger partial charge in [0.05, 0.1) is 21.8 Å². The van der Waals surface area contributed by atoms with Gasteiger partial charge in [0.15, 0.2) is 0 Å². The molecule has 0 spiro atoms. The van der Waals surface area contributed by atoms with Crippen molar-refractivity contribution in [2.75, 3.05) is 19.6 Å². The molecule has 0 aliphatic heterocycles. The second kappa shape index (κ2) is 11.8. The van der Waals surface area contributed by atoms with Crippen molar-refractivity contribution in [1.82, 2.24) is 29.7 Å². The lowest BCUT2D eigenvalue weighted by atomic mass is 10.2. The van der Waals surface area contributed by atoms with Gasteiger partial charge >= 0.3 is 11.4 Å². The van der Waals surface area contributed by atoms with Gasteiger partial charge in [-0.1, -0.05) is 24.3 Å². The number of para-hydroxylation sites is 2. The number of hydrogen-bond donors (Lipinski definition) is 4. The molecule has 0 aliphatic carbocycles. The number of fused-ring (bicyclic) bond motifs is 2. The maximum absolute atomic E-state index is 12.6. The molecule has 2 aromatic heterocycles. The predicted octanol–water partition coefficient (Wildman–Crippen LogP) is 1.13. The summed E-state index contributed by atoms with van der Waals surface area (Å²) in [4.78, 5) is 55.1. The zero-order chi connectivity index (χ0) is 25.5. The maximum Gasteiger partial charge on any atom is 0.328 e. The van der Waals surface area contributed by atoms with E-state index in [2.05, 4.69) is 27.5 Å². The lowest BCUT2D eigenvalue weighted by molar-refractivity contribution is 0.464. The third-order valence-corrected chi connectivity index (χ3v) is 6.32. The number of H-pyrrole nitrogens is 2. The van der Waals surface area contributed by atoms with Crippen LogP contribution in [0.5, 0.6) is 0 Å². The minimum Gasteiger partial charge on any atom is -0.317 e. The van der Waals surface area contributed by atoms with Gasteiger partial charge in [-0.25, -0.2) is 9.59 Å². The van der Waals surface area contributed by atoms with Crippen LogP contribution in [0.25, 0.3) is 21.8 Å². The van der Waals surface area contributed by atoms with Crippen LogP contribution >= 0.6 is 0 Å². The highest BCUT2D eigenvalue weighted by Gasteiger charge is 2.08. The van der Waals surface area contributed by atoms with Crippen LogP contribution in [0.2, 0.25) is 0 Å². The fraction of sp³-hybridized carbons (Fsp3) is 0.385. The van der Waals surface area contributed by atoms with Crippen molar-refractivity contribution in [2.24, 2.45) is 0 Å². The molecule has 36 heavy (non-hydrogen) atoms. The molecule has 190 valence electrons. The number of rotatable bonds is 12. The van der Waals surface area contributed by atoms with Crippen molar-refractivity contribution >= 4 is 21.8 Å². The van der Waals surface area contributed by atoms with Crippen molar-refractivity contribution in [1.29, 1.82) is 0 Å². The Bertz CT molecular complexity index is 1570. The standard InChI is InChI=1S/C26H32N6O4/c1-18(28-14-7-17-32-24(34)20-9-3-5-11-22(20)30-26(32)36)12-15-27-13-6-16-31-23(33)19-8-2-4-10-21(19)29-25(31)35/h2-5,8-11,18,27-28H,6-7,12-17H2,1H3,(H,29,35)(H,30,36). The summed E-state index contributed by atoms with van der Waals surface area (Å²) in [5.74, 6) is 0. The van der Waals surface area contributed by atoms with Crippen LogP contribution in [0, 0.1) is 0 Å². The van der Waals surface area contributed by atoms with E-state index < -0.39 is 0 Å². The molecule has 10 heteroatoms. The van der Waals surface area contributed by atoms with Gasteiger partial charge in [-0.3, -0.25) is 18.7 Å². The van der Waals surface area contributed by atoms with E-state index in [1.54, 1.807) is 48.5 Å². The zero-order valence-electron chi connectivity index (χ0n) is 20.4. The average molecular weight is 493 g/mol. The quantitative estimate of drug-likeness (QED) is 0.219. The molecule has 2 aromatic carbocycles. The largest absolute Gasteiger partial charge is 0.328 e. The van der Waals surface area contributed by atoms with Crippen molar-refractivity contribution in [3.8, 4) is 0 Å². The van der Waals surface area contributed by atoms with Crippen molar-refractivity contribution in [2.45, 2.75) is 45.3 Å². The topological polar surface area (TPSA) is 134 Å². The molecule has 10 nitrogen and oxygen atoms in total. The first kappa shape index (κ1) is 25.3. The van der Waals surface area contributed by atoms with E-state index in [0.29, 0.717) is 60.8 Å². The molecular formula is C26H32N6O4. The highest BCUT2D eigenvalue weighted by molar-refractivity contribution is 5.77. The van der Waals surface area contributed by atoms with Gasteiger partial charge in [0.1, 0.15) is 0 Å². The van der Waals surface area contributed by atoms with Gasteiger partial charge in [0.2, 0.25) is 0 Å². The molecule has 1 unspecified atom stereocenters. The Labute approximate surface area is 207 Å². The first-order valence-electron chi connectivity index (χ1n) is 12.3. The molecule has 0 radical (unpaired) electrons. The molecule has 4 aromatic rings. The van der Waals surface area contributed by atoms with E-state index in [-0.39, 0.29) is 28.5 Å². The van der Waals surface area contributed by atoms with Gasteiger partial charge < -0.3 is 20.6 Å². The van der Waals surface area contributed by atoms with E-state index in [1.807, 2.05) is 0 Å². The second-order valence-corrected chi connectivity index (χ2v) is 8.97. The van der Waals surface area contributed by atoms with Crippen LogP contribution in [0.3, 0.4) is 0 Å². The molecule has 2 heterocycles. The fourth-order valence-electron chi connectivity index (χ4n) is 4.30. The fourth-order valence-corrected chi connectivity index (χ4v) is 4.30. The van der Waals surface area contributed by atoms with Crippen LogP contribution in [0.4, 0.5) is 0 Å². The highest BCUT2D eigenvalue weighted by Crippen LogP contribution is 2.04. The summed E-state index contributed by atoms with van der Waals surface area (Å²) in [6.07, 6.45) is 2.22. The third-order valence-electron chi connectivity index (χ3n) is 6.32. The van der Waals surface area contributed by atoms with Gasteiger partial charge in [-0.15, -0.1) is 0 Å². The van der Waals surface area contributed by atoms with Crippen LogP contribution in [0.15, 0.2) is 67.7 Å². The lowest BCUT2D eigenvalue weighted by Crippen LogP contribution is -2.37. The smallest absolute Gasteiger partial charge is 0.317 e. The average Bonchev–Trinajstić information content (AvgIpc) is 2.87. The van der Waals surface area contributed by atoms with E-state index in [9.17, 15) is 19.2 Å². The third kappa shape index (κ3) is 5.89. The summed E-state index contributed by atoms with van der Waals surface area (Å²) >= 11 is 0. The van der Waals surface area contributed by atoms with Gasteiger partial charge in [-0.05, 0) is 70.1 Å². The van der Waals surface area contributed by atoms with Gasteiger partial charge in [-0.2, -0.15) is 0 Å². The molecule has 0 amide bonds. The monoisotopic (exact) mass is 492 g/mol. The minimum atomic E-state index is -0.385. The lowest BCUT2D eigenvalue weighted by Gasteiger charge is -2.14. The van der Waals surface area contributed by atoms with Crippen LogP contribution < -0.4 is 33.1 Å². The molecule has 0 saturated carbocycles. The molecule has 4 rings (SSSR count). The Morgan fingerprint density at radius 2 is 1.22 bits per heavy atom. The number of hydrogen-bond acceptors (Lipinski definition) is 6. The Morgan fingerprint density at radius 3 is 1.78 bits per heavy atom. The molecule has 0 bridgehead atoms. The normalized spacial score (nSPS) is 12.4. The number of nitrogens with one attached hydrogen (secondary N) is 4. The summed E-state index contributed by atoms with van der Waals surface area (Å²) in [5, 5.41) is 7.80. The molecular weight excluding hydrogens is 460 g/mol.